The number of carbonyl (C=O) groups excluding carboxylic acids is 1. The molecule has 114 valence electrons. The summed E-state index contributed by atoms with van der Waals surface area (Å²) in [7, 11) is 0. The highest BCUT2D eigenvalue weighted by molar-refractivity contribution is 5.77. The number of rotatable bonds is 5. The summed E-state index contributed by atoms with van der Waals surface area (Å²) in [6.07, 6.45) is 3.47. The smallest absolute Gasteiger partial charge is 0.172 e. The Morgan fingerprint density at radius 2 is 2.00 bits per heavy atom. The Bertz CT molecular complexity index is 543. The highest BCUT2D eigenvalue weighted by atomic mass is 16.7. The van der Waals surface area contributed by atoms with E-state index >= 15 is 0 Å². The number of ether oxygens (including phenoxy) is 2. The number of nitrogens with zero attached hydrogens (tertiary/aromatic N) is 1. The van der Waals surface area contributed by atoms with Gasteiger partial charge in [-0.25, -0.2) is 0 Å². The molecule has 5 heteroatoms. The van der Waals surface area contributed by atoms with Gasteiger partial charge in [0.05, 0.1) is 31.3 Å². The summed E-state index contributed by atoms with van der Waals surface area (Å²) in [4.78, 5) is 11.1. The zero-order valence-corrected chi connectivity index (χ0v) is 12.8. The number of aldehydes is 1. The quantitative estimate of drug-likeness (QED) is 0.780. The van der Waals surface area contributed by atoms with E-state index in [0.29, 0.717) is 43.8 Å². The lowest BCUT2D eigenvalue weighted by atomic mass is 9.94. The van der Waals surface area contributed by atoms with Crippen molar-refractivity contribution in [1.29, 1.82) is 5.26 Å². The number of carbonyl (C=O) groups is 1. The average molecular weight is 291 g/mol. The molecule has 21 heavy (non-hydrogen) atoms. The van der Waals surface area contributed by atoms with Crippen molar-refractivity contribution in [2.24, 2.45) is 5.41 Å². The van der Waals surface area contributed by atoms with E-state index in [9.17, 15) is 4.79 Å². The maximum atomic E-state index is 11.1. The predicted molar refractivity (Wildman–Crippen MR) is 75.8 cm³/mol. The van der Waals surface area contributed by atoms with Gasteiger partial charge in [0.2, 0.25) is 0 Å². The molecule has 1 fully saturated rings. The second-order valence-corrected chi connectivity index (χ2v) is 6.42. The molecule has 1 saturated heterocycles. The summed E-state index contributed by atoms with van der Waals surface area (Å²) < 4.78 is 17.2. The molecule has 1 aliphatic heterocycles. The van der Waals surface area contributed by atoms with Crippen molar-refractivity contribution < 1.29 is 18.7 Å². The van der Waals surface area contributed by atoms with Gasteiger partial charge in [-0.15, -0.1) is 0 Å². The van der Waals surface area contributed by atoms with E-state index in [1.165, 1.54) is 6.26 Å². The minimum absolute atomic E-state index is 0.000267. The zero-order chi connectivity index (χ0) is 15.5. The van der Waals surface area contributed by atoms with E-state index in [-0.39, 0.29) is 5.41 Å². The molecule has 0 aliphatic carbocycles. The van der Waals surface area contributed by atoms with Gasteiger partial charge >= 0.3 is 0 Å². The lowest BCUT2D eigenvalue weighted by molar-refractivity contribution is -0.289. The van der Waals surface area contributed by atoms with Crippen LogP contribution in [-0.2, 0) is 22.3 Å². The van der Waals surface area contributed by atoms with E-state index in [0.717, 1.165) is 11.8 Å². The molecule has 1 aromatic heterocycles. The fourth-order valence-corrected chi connectivity index (χ4v) is 2.32. The monoisotopic (exact) mass is 291 g/mol. The van der Waals surface area contributed by atoms with Crippen LogP contribution in [0, 0.1) is 16.7 Å². The Hall–Kier alpha value is -1.64. The second kappa shape index (κ2) is 6.00. The van der Waals surface area contributed by atoms with E-state index < -0.39 is 5.79 Å². The third kappa shape index (κ3) is 3.72. The van der Waals surface area contributed by atoms with Gasteiger partial charge in [-0.2, -0.15) is 5.26 Å². The van der Waals surface area contributed by atoms with Gasteiger partial charge in [-0.1, -0.05) is 13.8 Å². The first-order valence-electron chi connectivity index (χ1n) is 7.08. The Kier molecular flexibility index (Phi) is 4.50. The third-order valence-corrected chi connectivity index (χ3v) is 3.65. The van der Waals surface area contributed by atoms with E-state index in [1.807, 2.05) is 6.92 Å². The molecule has 5 nitrogen and oxygen atoms in total. The molecule has 2 heterocycles. The Balaban J connectivity index is 2.14. The molecule has 0 atom stereocenters. The van der Waals surface area contributed by atoms with Gasteiger partial charge in [0, 0.05) is 17.4 Å². The fraction of sp³-hybridized carbons (Fsp3) is 0.625. The van der Waals surface area contributed by atoms with Crippen LogP contribution in [0.4, 0.5) is 0 Å². The minimum atomic E-state index is -0.755. The molecule has 0 aromatic carbocycles. The van der Waals surface area contributed by atoms with Crippen molar-refractivity contribution in [2.45, 2.75) is 45.8 Å². The molecule has 1 aliphatic rings. The summed E-state index contributed by atoms with van der Waals surface area (Å²) in [5, 5.41) is 8.73. The van der Waals surface area contributed by atoms with Gasteiger partial charge in [0.15, 0.2) is 12.1 Å². The SMILES string of the molecule is CC1(C)COC(C)(Cc2occ(C=O)c2CCC#N)OC1. The molecule has 1 aromatic rings. The van der Waals surface area contributed by atoms with E-state index in [2.05, 4.69) is 19.9 Å². The molecule has 0 radical (unpaired) electrons. The summed E-state index contributed by atoms with van der Waals surface area (Å²) in [6.45, 7) is 7.26. The standard InChI is InChI=1S/C16H21NO4/c1-15(2)10-20-16(3,21-11-15)7-14-13(5-4-6-17)12(8-18)9-19-14/h8-9H,4-5,7,10-11H2,1-3H3. The first kappa shape index (κ1) is 15.7. The van der Waals surface area contributed by atoms with Gasteiger partial charge in [0.25, 0.3) is 0 Å². The third-order valence-electron chi connectivity index (χ3n) is 3.65. The van der Waals surface area contributed by atoms with Crippen molar-refractivity contribution in [3.63, 3.8) is 0 Å². The molecule has 2 rings (SSSR count). The Morgan fingerprint density at radius 3 is 2.57 bits per heavy atom. The molecule has 0 bridgehead atoms. The number of furan rings is 1. The van der Waals surface area contributed by atoms with Crippen LogP contribution >= 0.6 is 0 Å². The number of hydrogen-bond donors (Lipinski definition) is 0. The summed E-state index contributed by atoms with van der Waals surface area (Å²) in [6, 6.07) is 2.09. The summed E-state index contributed by atoms with van der Waals surface area (Å²) >= 11 is 0. The molecular formula is C16H21NO4. The topological polar surface area (TPSA) is 72.5 Å². The van der Waals surface area contributed by atoms with Crippen molar-refractivity contribution in [2.75, 3.05) is 13.2 Å². The van der Waals surface area contributed by atoms with Crippen LogP contribution in [0.5, 0.6) is 0 Å². The largest absolute Gasteiger partial charge is 0.468 e. The average Bonchev–Trinajstić information content (AvgIpc) is 2.82. The lowest BCUT2D eigenvalue weighted by Crippen LogP contribution is -2.46. The lowest BCUT2D eigenvalue weighted by Gasteiger charge is -2.41. The molecule has 0 amide bonds. The van der Waals surface area contributed by atoms with Crippen molar-refractivity contribution in [3.05, 3.63) is 23.2 Å². The number of hydrogen-bond acceptors (Lipinski definition) is 5. The maximum Gasteiger partial charge on any atom is 0.172 e. The maximum absolute atomic E-state index is 11.1. The van der Waals surface area contributed by atoms with Crippen LogP contribution < -0.4 is 0 Å². The van der Waals surface area contributed by atoms with Crippen LogP contribution in [0.15, 0.2) is 10.7 Å². The summed E-state index contributed by atoms with van der Waals surface area (Å²) in [5.74, 6) is -0.0934. The van der Waals surface area contributed by atoms with E-state index in [1.54, 1.807) is 0 Å². The summed E-state index contributed by atoms with van der Waals surface area (Å²) in [5.41, 5.74) is 1.28. The first-order valence-corrected chi connectivity index (χ1v) is 7.08. The Morgan fingerprint density at radius 1 is 1.33 bits per heavy atom. The van der Waals surface area contributed by atoms with Crippen molar-refractivity contribution in [3.8, 4) is 6.07 Å². The predicted octanol–water partition coefficient (Wildman–Crippen LogP) is 2.88. The Labute approximate surface area is 124 Å². The molecular weight excluding hydrogens is 270 g/mol. The highest BCUT2D eigenvalue weighted by Gasteiger charge is 2.38. The number of nitriles is 1. The molecule has 0 unspecified atom stereocenters. The van der Waals surface area contributed by atoms with Gasteiger partial charge in [0.1, 0.15) is 12.0 Å². The van der Waals surface area contributed by atoms with Crippen LogP contribution in [0.25, 0.3) is 0 Å². The molecule has 0 spiro atoms. The van der Waals surface area contributed by atoms with Gasteiger partial charge < -0.3 is 13.9 Å². The zero-order valence-electron chi connectivity index (χ0n) is 12.8. The molecule has 0 N–H and O–H groups in total. The molecule has 0 saturated carbocycles. The van der Waals surface area contributed by atoms with Crippen LogP contribution in [-0.4, -0.2) is 25.3 Å². The van der Waals surface area contributed by atoms with Crippen LogP contribution in [0.1, 0.15) is 48.9 Å². The highest BCUT2D eigenvalue weighted by Crippen LogP contribution is 2.33. The first-order chi connectivity index (χ1) is 9.89. The van der Waals surface area contributed by atoms with Crippen molar-refractivity contribution >= 4 is 6.29 Å². The second-order valence-electron chi connectivity index (χ2n) is 6.42. The minimum Gasteiger partial charge on any atom is -0.468 e. The van der Waals surface area contributed by atoms with Crippen molar-refractivity contribution in [1.82, 2.24) is 0 Å². The van der Waals surface area contributed by atoms with Crippen LogP contribution in [0.3, 0.4) is 0 Å². The van der Waals surface area contributed by atoms with Gasteiger partial charge in [-0.3, -0.25) is 4.79 Å². The fourth-order valence-electron chi connectivity index (χ4n) is 2.32. The normalized spacial score (nSPS) is 19.9. The van der Waals surface area contributed by atoms with Crippen LogP contribution in [0.2, 0.25) is 0 Å². The van der Waals surface area contributed by atoms with Gasteiger partial charge in [-0.05, 0) is 13.3 Å². The van der Waals surface area contributed by atoms with E-state index in [4.69, 9.17) is 19.2 Å².